The molecule has 5 heterocycles. The van der Waals surface area contributed by atoms with Gasteiger partial charge in [-0.05, 0) is 31.9 Å². The van der Waals surface area contributed by atoms with Crippen LogP contribution in [0.2, 0.25) is 0 Å². The van der Waals surface area contributed by atoms with E-state index in [0.717, 1.165) is 43.9 Å². The molecular formula is C24H31N7O. The smallest absolute Gasteiger partial charge is 0.231 e. The molecule has 0 radical (unpaired) electrons. The van der Waals surface area contributed by atoms with Crippen LogP contribution in [0.3, 0.4) is 0 Å². The third-order valence-corrected chi connectivity index (χ3v) is 6.99. The summed E-state index contributed by atoms with van der Waals surface area (Å²) >= 11 is 0. The van der Waals surface area contributed by atoms with E-state index in [9.17, 15) is 4.79 Å². The molecule has 2 fully saturated rings. The minimum atomic E-state index is -0.430. The summed E-state index contributed by atoms with van der Waals surface area (Å²) in [5, 5.41) is 4.31. The number of rotatable bonds is 6. The Balaban J connectivity index is 1.43. The van der Waals surface area contributed by atoms with E-state index in [-0.39, 0.29) is 11.8 Å². The molecule has 0 N–H and O–H groups in total. The summed E-state index contributed by atoms with van der Waals surface area (Å²) in [6.07, 6.45) is 12.5. The van der Waals surface area contributed by atoms with Gasteiger partial charge in [-0.3, -0.25) is 19.4 Å². The van der Waals surface area contributed by atoms with Gasteiger partial charge < -0.3 is 9.47 Å². The Morgan fingerprint density at radius 2 is 2.06 bits per heavy atom. The van der Waals surface area contributed by atoms with Gasteiger partial charge in [-0.25, -0.2) is 4.98 Å². The predicted octanol–water partition coefficient (Wildman–Crippen LogP) is 2.61. The molecule has 0 saturated carbocycles. The summed E-state index contributed by atoms with van der Waals surface area (Å²) in [5.74, 6) is 0.338. The monoisotopic (exact) mass is 433 g/mol. The molecule has 0 aliphatic carbocycles. The second-order valence-electron chi connectivity index (χ2n) is 9.58. The number of likely N-dealkylation sites (tertiary alicyclic amines) is 2. The van der Waals surface area contributed by atoms with Crippen LogP contribution in [0.4, 0.5) is 0 Å². The minimum Gasteiger partial charge on any atom is -0.338 e. The molecule has 168 valence electrons. The van der Waals surface area contributed by atoms with E-state index < -0.39 is 5.41 Å². The largest absolute Gasteiger partial charge is 0.338 e. The van der Waals surface area contributed by atoms with E-state index in [1.54, 1.807) is 6.20 Å². The van der Waals surface area contributed by atoms with Crippen molar-refractivity contribution in [1.82, 2.24) is 34.1 Å². The van der Waals surface area contributed by atoms with Gasteiger partial charge in [0, 0.05) is 82.1 Å². The lowest BCUT2D eigenvalue weighted by molar-refractivity contribution is -0.136. The highest BCUT2D eigenvalue weighted by Crippen LogP contribution is 2.50. The van der Waals surface area contributed by atoms with E-state index >= 15 is 0 Å². The van der Waals surface area contributed by atoms with E-state index in [2.05, 4.69) is 45.8 Å². The quantitative estimate of drug-likeness (QED) is 0.598. The summed E-state index contributed by atoms with van der Waals surface area (Å²) in [4.78, 5) is 27.3. The number of aryl methyl sites for hydroxylation is 1. The molecule has 5 rings (SSSR count). The second-order valence-corrected chi connectivity index (χ2v) is 9.58. The highest BCUT2D eigenvalue weighted by atomic mass is 16.2. The van der Waals surface area contributed by atoms with Crippen LogP contribution in [0.1, 0.15) is 49.0 Å². The maximum Gasteiger partial charge on any atom is 0.231 e. The van der Waals surface area contributed by atoms with E-state index in [0.29, 0.717) is 12.6 Å². The number of carbonyl (C=O) groups excluding carboxylic acids is 1. The molecule has 3 aromatic rings. The second kappa shape index (κ2) is 8.16. The Morgan fingerprint density at radius 1 is 1.19 bits per heavy atom. The minimum absolute atomic E-state index is 0.0885. The first-order valence-electron chi connectivity index (χ1n) is 11.4. The van der Waals surface area contributed by atoms with Crippen LogP contribution in [0.25, 0.3) is 0 Å². The molecule has 3 aromatic heterocycles. The van der Waals surface area contributed by atoms with Crippen LogP contribution in [0.15, 0.2) is 49.4 Å². The molecule has 8 heteroatoms. The topological polar surface area (TPSA) is 72.1 Å². The molecule has 2 aliphatic heterocycles. The fourth-order valence-corrected chi connectivity index (χ4v) is 5.32. The fourth-order valence-electron chi connectivity index (χ4n) is 5.32. The molecule has 2 atom stereocenters. The molecule has 1 spiro atoms. The predicted molar refractivity (Wildman–Crippen MR) is 121 cm³/mol. The van der Waals surface area contributed by atoms with Crippen LogP contribution in [0, 0.1) is 5.41 Å². The van der Waals surface area contributed by atoms with Crippen LogP contribution in [-0.2, 0) is 24.9 Å². The van der Waals surface area contributed by atoms with Crippen LogP contribution < -0.4 is 0 Å². The van der Waals surface area contributed by atoms with Crippen LogP contribution >= 0.6 is 0 Å². The summed E-state index contributed by atoms with van der Waals surface area (Å²) in [5.41, 5.74) is 2.85. The van der Waals surface area contributed by atoms with Crippen LogP contribution in [0.5, 0.6) is 0 Å². The summed E-state index contributed by atoms with van der Waals surface area (Å²) in [7, 11) is 1.94. The first-order chi connectivity index (χ1) is 15.4. The lowest BCUT2D eigenvalue weighted by atomic mass is 9.75. The third-order valence-electron chi connectivity index (χ3n) is 6.99. The van der Waals surface area contributed by atoms with Crippen molar-refractivity contribution in [3.63, 3.8) is 0 Å². The normalized spacial score (nSPS) is 23.8. The van der Waals surface area contributed by atoms with Gasteiger partial charge in [-0.1, -0.05) is 6.07 Å². The zero-order chi connectivity index (χ0) is 22.3. The van der Waals surface area contributed by atoms with E-state index in [1.165, 1.54) is 5.56 Å². The lowest BCUT2D eigenvalue weighted by Gasteiger charge is -2.28. The number of hydrogen-bond acceptors (Lipinski definition) is 5. The van der Waals surface area contributed by atoms with Crippen molar-refractivity contribution in [2.24, 2.45) is 12.5 Å². The van der Waals surface area contributed by atoms with Gasteiger partial charge in [0.15, 0.2) is 0 Å². The highest BCUT2D eigenvalue weighted by Gasteiger charge is 2.57. The van der Waals surface area contributed by atoms with E-state index in [4.69, 9.17) is 4.98 Å². The van der Waals surface area contributed by atoms with Crippen LogP contribution in [-0.4, -0.2) is 59.7 Å². The number of pyridine rings is 1. The number of amides is 1. The summed E-state index contributed by atoms with van der Waals surface area (Å²) < 4.78 is 3.97. The zero-order valence-corrected chi connectivity index (χ0v) is 19.1. The Labute approximate surface area is 188 Å². The Hall–Kier alpha value is -3.00. The molecule has 32 heavy (non-hydrogen) atoms. The maximum atomic E-state index is 13.9. The molecule has 0 bridgehead atoms. The summed E-state index contributed by atoms with van der Waals surface area (Å²) in [6, 6.07) is 4.32. The molecule has 0 unspecified atom stereocenters. The average molecular weight is 434 g/mol. The standard InChI is InChI=1S/C24H31N7O/c1-18(2)31-15-22(26-17-31)21-14-29(12-20-10-27-28(3)11-20)16-24(21)6-8-30(23(24)32)13-19-5-4-7-25-9-19/h4-5,7,9-11,15,17-18,21H,6,8,12-14,16H2,1-3H3/t21-,24+/m0/s1. The third kappa shape index (κ3) is 3.72. The number of aromatic nitrogens is 5. The van der Waals surface area contributed by atoms with Crippen molar-refractivity contribution in [1.29, 1.82) is 0 Å². The number of nitrogens with zero attached hydrogens (tertiary/aromatic N) is 7. The van der Waals surface area contributed by atoms with Crippen molar-refractivity contribution < 1.29 is 4.79 Å². The van der Waals surface area contributed by atoms with Gasteiger partial charge in [-0.15, -0.1) is 0 Å². The lowest BCUT2D eigenvalue weighted by Crippen LogP contribution is -2.39. The zero-order valence-electron chi connectivity index (χ0n) is 19.1. The first-order valence-corrected chi connectivity index (χ1v) is 11.4. The van der Waals surface area contributed by atoms with Crippen molar-refractivity contribution in [2.75, 3.05) is 19.6 Å². The van der Waals surface area contributed by atoms with E-state index in [1.807, 2.05) is 47.5 Å². The molecule has 2 aliphatic rings. The van der Waals surface area contributed by atoms with Crippen molar-refractivity contribution >= 4 is 5.91 Å². The first kappa shape index (κ1) is 20.9. The van der Waals surface area contributed by atoms with Crippen molar-refractivity contribution in [3.05, 3.63) is 66.3 Å². The fraction of sp³-hybridized carbons (Fsp3) is 0.500. The summed E-state index contributed by atoms with van der Waals surface area (Å²) in [6.45, 7) is 8.08. The molecule has 2 saturated heterocycles. The molecule has 8 nitrogen and oxygen atoms in total. The number of carbonyl (C=O) groups is 1. The Morgan fingerprint density at radius 3 is 2.75 bits per heavy atom. The highest BCUT2D eigenvalue weighted by molar-refractivity contribution is 5.86. The van der Waals surface area contributed by atoms with Crippen molar-refractivity contribution in [2.45, 2.75) is 45.3 Å². The Bertz CT molecular complexity index is 1090. The van der Waals surface area contributed by atoms with Crippen molar-refractivity contribution in [3.8, 4) is 0 Å². The maximum absolute atomic E-state index is 13.9. The van der Waals surface area contributed by atoms with Gasteiger partial charge in [0.25, 0.3) is 0 Å². The number of imidazole rings is 1. The molecular weight excluding hydrogens is 402 g/mol. The Kier molecular flexibility index (Phi) is 5.33. The van der Waals surface area contributed by atoms with Gasteiger partial charge in [0.1, 0.15) is 0 Å². The molecule has 1 amide bonds. The average Bonchev–Trinajstić information content (AvgIpc) is 3.54. The van der Waals surface area contributed by atoms with Gasteiger partial charge >= 0.3 is 0 Å². The SMILES string of the molecule is CC(C)n1cnc([C@@H]2CN(Cc3cnn(C)c3)C[C@]23CCN(Cc2cccnc2)C3=O)c1. The van der Waals surface area contributed by atoms with Gasteiger partial charge in [0.05, 0.1) is 23.6 Å². The van der Waals surface area contributed by atoms with Gasteiger partial charge in [-0.2, -0.15) is 5.10 Å². The van der Waals surface area contributed by atoms with Gasteiger partial charge in [0.2, 0.25) is 5.91 Å². The molecule has 0 aromatic carbocycles. The number of hydrogen-bond donors (Lipinski definition) is 0.